The van der Waals surface area contributed by atoms with E-state index in [-0.39, 0.29) is 6.03 Å². The van der Waals surface area contributed by atoms with E-state index in [2.05, 4.69) is 10.6 Å². The molecule has 4 nitrogen and oxygen atoms in total. The summed E-state index contributed by atoms with van der Waals surface area (Å²) >= 11 is 0. The van der Waals surface area contributed by atoms with E-state index in [1.54, 1.807) is 0 Å². The molecule has 0 aromatic carbocycles. The molecule has 2 aliphatic heterocycles. The van der Waals surface area contributed by atoms with Crippen LogP contribution in [0.4, 0.5) is 4.79 Å². The minimum Gasteiger partial charge on any atom is -0.338 e. The number of urea groups is 1. The molecule has 2 heterocycles. The molecule has 2 amide bonds. The molecule has 2 fully saturated rings. The third-order valence-electron chi connectivity index (χ3n) is 2.36. The van der Waals surface area contributed by atoms with Gasteiger partial charge in [0, 0.05) is 32.2 Å². The van der Waals surface area contributed by atoms with Gasteiger partial charge in [0.25, 0.3) is 0 Å². The first-order chi connectivity index (χ1) is 5.38. The van der Waals surface area contributed by atoms with Crippen molar-refractivity contribution in [1.82, 2.24) is 15.5 Å². The number of amides is 2. The van der Waals surface area contributed by atoms with Crippen molar-refractivity contribution in [2.24, 2.45) is 0 Å². The molecule has 0 bridgehead atoms. The van der Waals surface area contributed by atoms with Crippen LogP contribution >= 0.6 is 0 Å². The molecule has 11 heavy (non-hydrogen) atoms. The van der Waals surface area contributed by atoms with Crippen molar-refractivity contribution in [2.75, 3.05) is 26.2 Å². The van der Waals surface area contributed by atoms with Crippen molar-refractivity contribution in [3.63, 3.8) is 0 Å². The molecule has 1 unspecified atom stereocenters. The maximum atomic E-state index is 11.2. The Morgan fingerprint density at radius 3 is 3.18 bits per heavy atom. The van der Waals surface area contributed by atoms with Crippen LogP contribution in [-0.4, -0.2) is 43.2 Å². The third kappa shape index (κ3) is 1.18. The lowest BCUT2D eigenvalue weighted by molar-refractivity contribution is 0.137. The molecule has 4 heteroatoms. The van der Waals surface area contributed by atoms with Gasteiger partial charge < -0.3 is 15.5 Å². The lowest BCUT2D eigenvalue weighted by Gasteiger charge is -2.39. The van der Waals surface area contributed by atoms with Gasteiger partial charge in [-0.1, -0.05) is 0 Å². The average molecular weight is 155 g/mol. The van der Waals surface area contributed by atoms with Gasteiger partial charge in [-0.15, -0.1) is 0 Å². The zero-order valence-corrected chi connectivity index (χ0v) is 6.47. The van der Waals surface area contributed by atoms with Crippen molar-refractivity contribution in [3.8, 4) is 0 Å². The number of rotatable bonds is 0. The largest absolute Gasteiger partial charge is 0.338 e. The van der Waals surface area contributed by atoms with Gasteiger partial charge in [0.05, 0.1) is 0 Å². The Morgan fingerprint density at radius 1 is 1.45 bits per heavy atom. The van der Waals surface area contributed by atoms with Crippen LogP contribution in [-0.2, 0) is 0 Å². The summed E-state index contributed by atoms with van der Waals surface area (Å²) in [6, 6.07) is 0.556. The number of nitrogens with one attached hydrogen (secondary N) is 2. The zero-order chi connectivity index (χ0) is 7.68. The second kappa shape index (κ2) is 2.70. The SMILES string of the molecule is O=C1NCCC2CNCCN12. The predicted molar refractivity (Wildman–Crippen MR) is 41.4 cm³/mol. The van der Waals surface area contributed by atoms with Crippen LogP contribution in [0, 0.1) is 0 Å². The summed E-state index contributed by atoms with van der Waals surface area (Å²) in [5.74, 6) is 0. The number of carbonyl (C=O) groups excluding carboxylic acids is 1. The molecule has 0 aliphatic carbocycles. The van der Waals surface area contributed by atoms with E-state index in [4.69, 9.17) is 0 Å². The molecular weight excluding hydrogens is 142 g/mol. The Kier molecular flexibility index (Phi) is 1.69. The van der Waals surface area contributed by atoms with Crippen molar-refractivity contribution >= 4 is 6.03 Å². The van der Waals surface area contributed by atoms with Gasteiger partial charge in [-0.25, -0.2) is 4.79 Å². The molecule has 0 radical (unpaired) electrons. The van der Waals surface area contributed by atoms with Crippen LogP contribution in [0.15, 0.2) is 0 Å². The van der Waals surface area contributed by atoms with E-state index in [0.29, 0.717) is 6.04 Å². The van der Waals surface area contributed by atoms with Gasteiger partial charge in [0.15, 0.2) is 0 Å². The number of hydrogen-bond donors (Lipinski definition) is 2. The van der Waals surface area contributed by atoms with Gasteiger partial charge >= 0.3 is 6.03 Å². The van der Waals surface area contributed by atoms with E-state index in [1.807, 2.05) is 4.90 Å². The molecule has 1 atom stereocenters. The molecular formula is C7H13N3O. The predicted octanol–water partition coefficient (Wildman–Crippen LogP) is -0.626. The Balaban J connectivity index is 2.05. The molecule has 2 N–H and O–H groups in total. The Bertz CT molecular complexity index is 169. The fraction of sp³-hybridized carbons (Fsp3) is 0.857. The summed E-state index contributed by atoms with van der Waals surface area (Å²) in [6.45, 7) is 3.59. The van der Waals surface area contributed by atoms with E-state index >= 15 is 0 Å². The summed E-state index contributed by atoms with van der Waals surface area (Å²) in [5, 5.41) is 6.12. The monoisotopic (exact) mass is 155 g/mol. The summed E-state index contributed by atoms with van der Waals surface area (Å²) < 4.78 is 0. The molecule has 0 aromatic heterocycles. The summed E-state index contributed by atoms with van der Waals surface area (Å²) in [4.78, 5) is 13.1. The van der Waals surface area contributed by atoms with Gasteiger partial charge in [-0.3, -0.25) is 0 Å². The van der Waals surface area contributed by atoms with Crippen LogP contribution in [0.25, 0.3) is 0 Å². The highest BCUT2D eigenvalue weighted by atomic mass is 16.2. The fourth-order valence-corrected chi connectivity index (χ4v) is 1.73. The first-order valence-electron chi connectivity index (χ1n) is 4.13. The molecule has 0 aromatic rings. The second-order valence-electron chi connectivity index (χ2n) is 3.07. The molecule has 62 valence electrons. The van der Waals surface area contributed by atoms with Gasteiger partial charge in [0.1, 0.15) is 0 Å². The Hall–Kier alpha value is -0.770. The van der Waals surface area contributed by atoms with Gasteiger partial charge in [-0.2, -0.15) is 0 Å². The fourth-order valence-electron chi connectivity index (χ4n) is 1.73. The van der Waals surface area contributed by atoms with E-state index in [9.17, 15) is 4.79 Å². The molecule has 2 saturated heterocycles. The molecule has 0 saturated carbocycles. The highest BCUT2D eigenvalue weighted by molar-refractivity contribution is 5.75. The highest BCUT2D eigenvalue weighted by Gasteiger charge is 2.29. The average Bonchev–Trinajstić information content (AvgIpc) is 2.06. The normalized spacial score (nSPS) is 31.1. The molecule has 2 aliphatic rings. The van der Waals surface area contributed by atoms with E-state index in [1.165, 1.54) is 0 Å². The Labute approximate surface area is 65.9 Å². The maximum absolute atomic E-state index is 11.2. The van der Waals surface area contributed by atoms with Crippen LogP contribution in [0.1, 0.15) is 6.42 Å². The lowest BCUT2D eigenvalue weighted by Crippen LogP contribution is -2.60. The van der Waals surface area contributed by atoms with E-state index < -0.39 is 0 Å². The number of nitrogens with zero attached hydrogens (tertiary/aromatic N) is 1. The third-order valence-corrected chi connectivity index (χ3v) is 2.36. The molecule has 0 spiro atoms. The van der Waals surface area contributed by atoms with Crippen molar-refractivity contribution in [2.45, 2.75) is 12.5 Å². The Morgan fingerprint density at radius 2 is 2.36 bits per heavy atom. The quantitative estimate of drug-likeness (QED) is 0.489. The molecule has 2 rings (SSSR count). The minimum absolute atomic E-state index is 0.114. The van der Waals surface area contributed by atoms with E-state index in [0.717, 1.165) is 32.6 Å². The smallest absolute Gasteiger partial charge is 0.317 e. The summed E-state index contributed by atoms with van der Waals surface area (Å²) in [6.07, 6.45) is 1.08. The lowest BCUT2D eigenvalue weighted by atomic mass is 10.1. The second-order valence-corrected chi connectivity index (χ2v) is 3.07. The topological polar surface area (TPSA) is 44.4 Å². The van der Waals surface area contributed by atoms with Crippen molar-refractivity contribution < 1.29 is 4.79 Å². The maximum Gasteiger partial charge on any atom is 0.317 e. The van der Waals surface area contributed by atoms with Crippen molar-refractivity contribution in [1.29, 1.82) is 0 Å². The number of carbonyl (C=O) groups is 1. The van der Waals surface area contributed by atoms with Crippen LogP contribution in [0.2, 0.25) is 0 Å². The summed E-state index contributed by atoms with van der Waals surface area (Å²) in [7, 11) is 0. The summed E-state index contributed by atoms with van der Waals surface area (Å²) in [5.41, 5.74) is 0. The van der Waals surface area contributed by atoms with Gasteiger partial charge in [0.2, 0.25) is 0 Å². The first kappa shape index (κ1) is 6.91. The number of fused-ring (bicyclic) bond motifs is 1. The standard InChI is InChI=1S/C7H13N3O/c11-7-9-2-1-6-5-8-3-4-10(6)7/h6,8H,1-5H2,(H,9,11). The number of piperazine rings is 1. The van der Waals surface area contributed by atoms with Crippen LogP contribution in [0.5, 0.6) is 0 Å². The van der Waals surface area contributed by atoms with Crippen LogP contribution in [0.3, 0.4) is 0 Å². The minimum atomic E-state index is 0.114. The zero-order valence-electron chi connectivity index (χ0n) is 6.47. The van der Waals surface area contributed by atoms with Crippen molar-refractivity contribution in [3.05, 3.63) is 0 Å². The first-order valence-corrected chi connectivity index (χ1v) is 4.13. The van der Waals surface area contributed by atoms with Gasteiger partial charge in [-0.05, 0) is 6.42 Å². The van der Waals surface area contributed by atoms with Crippen LogP contribution < -0.4 is 10.6 Å². The number of hydrogen-bond acceptors (Lipinski definition) is 2. The highest BCUT2D eigenvalue weighted by Crippen LogP contribution is 2.10.